The Balaban J connectivity index is 1.78. The molecule has 0 radical (unpaired) electrons. The van der Waals surface area contributed by atoms with Crippen molar-refractivity contribution in [2.75, 3.05) is 24.6 Å². The first-order chi connectivity index (χ1) is 12.5. The zero-order valence-corrected chi connectivity index (χ0v) is 14.2. The maximum atomic E-state index is 11.1. The van der Waals surface area contributed by atoms with E-state index >= 15 is 0 Å². The number of amides is 1. The van der Waals surface area contributed by atoms with Crippen LogP contribution in [0.3, 0.4) is 0 Å². The van der Waals surface area contributed by atoms with Gasteiger partial charge in [0.1, 0.15) is 11.8 Å². The number of benzene rings is 1. The smallest absolute Gasteiger partial charge is 0.407 e. The normalized spacial score (nSPS) is 15.5. The lowest BCUT2D eigenvalue weighted by Crippen LogP contribution is -2.37. The van der Waals surface area contributed by atoms with Gasteiger partial charge in [-0.15, -0.1) is 0 Å². The van der Waals surface area contributed by atoms with Crippen molar-refractivity contribution in [3.05, 3.63) is 42.4 Å². The Kier molecular flexibility index (Phi) is 3.87. The SMILES string of the molecule is Nc1ccc(-c2cc(C3CCN(C(=O)O)CC3)n3ncnc(N)c23)cc1. The first-order valence-corrected chi connectivity index (χ1v) is 8.50. The third kappa shape index (κ3) is 2.69. The van der Waals surface area contributed by atoms with E-state index in [2.05, 4.69) is 16.1 Å². The first-order valence-electron chi connectivity index (χ1n) is 8.50. The van der Waals surface area contributed by atoms with Gasteiger partial charge >= 0.3 is 6.09 Å². The number of nitrogen functional groups attached to an aromatic ring is 2. The van der Waals surface area contributed by atoms with E-state index in [0.717, 1.165) is 35.2 Å². The van der Waals surface area contributed by atoms with E-state index in [9.17, 15) is 4.79 Å². The van der Waals surface area contributed by atoms with Crippen LogP contribution in [-0.2, 0) is 0 Å². The summed E-state index contributed by atoms with van der Waals surface area (Å²) in [5.74, 6) is 0.635. The number of nitrogens with zero attached hydrogens (tertiary/aromatic N) is 4. The predicted molar refractivity (Wildman–Crippen MR) is 98.8 cm³/mol. The van der Waals surface area contributed by atoms with Crippen LogP contribution in [0.15, 0.2) is 36.7 Å². The zero-order chi connectivity index (χ0) is 18.3. The van der Waals surface area contributed by atoms with Gasteiger partial charge in [-0.25, -0.2) is 14.3 Å². The number of carboxylic acid groups (broad SMARTS) is 1. The van der Waals surface area contributed by atoms with Crippen LogP contribution in [-0.4, -0.2) is 43.8 Å². The van der Waals surface area contributed by atoms with E-state index in [1.165, 1.54) is 11.2 Å². The molecule has 0 spiro atoms. The largest absolute Gasteiger partial charge is 0.465 e. The van der Waals surface area contributed by atoms with Crippen LogP contribution < -0.4 is 11.5 Å². The van der Waals surface area contributed by atoms with Crippen molar-refractivity contribution in [3.8, 4) is 11.1 Å². The van der Waals surface area contributed by atoms with Crippen LogP contribution in [0.1, 0.15) is 24.5 Å². The van der Waals surface area contributed by atoms with Gasteiger partial charge in [0.2, 0.25) is 0 Å². The molecular formula is C18H20N6O2. The summed E-state index contributed by atoms with van der Waals surface area (Å²) >= 11 is 0. The van der Waals surface area contributed by atoms with Crippen LogP contribution in [0.25, 0.3) is 16.6 Å². The fourth-order valence-electron chi connectivity index (χ4n) is 3.63. The van der Waals surface area contributed by atoms with Gasteiger partial charge in [-0.1, -0.05) is 12.1 Å². The number of anilines is 2. The maximum Gasteiger partial charge on any atom is 0.407 e. The monoisotopic (exact) mass is 352 g/mol. The number of piperidine rings is 1. The lowest BCUT2D eigenvalue weighted by Gasteiger charge is -2.29. The maximum absolute atomic E-state index is 11.1. The van der Waals surface area contributed by atoms with E-state index in [1.54, 1.807) is 0 Å². The van der Waals surface area contributed by atoms with E-state index in [0.29, 0.717) is 24.6 Å². The second-order valence-corrected chi connectivity index (χ2v) is 6.55. The van der Waals surface area contributed by atoms with Crippen LogP contribution in [0.5, 0.6) is 0 Å². The van der Waals surface area contributed by atoms with Crippen LogP contribution in [0.4, 0.5) is 16.3 Å². The van der Waals surface area contributed by atoms with Gasteiger partial charge < -0.3 is 21.5 Å². The molecule has 134 valence electrons. The number of fused-ring (bicyclic) bond motifs is 1. The molecule has 5 N–H and O–H groups in total. The highest BCUT2D eigenvalue weighted by molar-refractivity contribution is 5.88. The van der Waals surface area contributed by atoms with Gasteiger partial charge in [-0.3, -0.25) is 0 Å². The molecule has 8 heteroatoms. The molecule has 3 aromatic rings. The molecule has 0 bridgehead atoms. The first kappa shape index (κ1) is 16.2. The Morgan fingerprint density at radius 1 is 1.15 bits per heavy atom. The van der Waals surface area contributed by atoms with Crippen molar-refractivity contribution in [1.29, 1.82) is 0 Å². The highest BCUT2D eigenvalue weighted by Gasteiger charge is 2.27. The van der Waals surface area contributed by atoms with Crippen molar-refractivity contribution in [1.82, 2.24) is 19.5 Å². The molecule has 0 unspecified atom stereocenters. The minimum Gasteiger partial charge on any atom is -0.465 e. The Labute approximate surface area is 150 Å². The topological polar surface area (TPSA) is 123 Å². The third-order valence-corrected chi connectivity index (χ3v) is 5.02. The number of likely N-dealkylation sites (tertiary alicyclic amines) is 1. The molecular weight excluding hydrogens is 332 g/mol. The molecule has 1 amide bonds. The quantitative estimate of drug-likeness (QED) is 0.609. The van der Waals surface area contributed by atoms with Crippen LogP contribution >= 0.6 is 0 Å². The highest BCUT2D eigenvalue weighted by Crippen LogP contribution is 2.36. The Morgan fingerprint density at radius 3 is 2.50 bits per heavy atom. The third-order valence-electron chi connectivity index (χ3n) is 5.02. The molecule has 1 aliphatic rings. The Bertz CT molecular complexity index is 958. The number of hydrogen-bond acceptors (Lipinski definition) is 5. The summed E-state index contributed by atoms with van der Waals surface area (Å²) < 4.78 is 1.84. The van der Waals surface area contributed by atoms with Gasteiger partial charge in [0.05, 0.1) is 0 Å². The van der Waals surface area contributed by atoms with E-state index in [1.807, 2.05) is 28.8 Å². The number of nitrogens with two attached hydrogens (primary N) is 2. The summed E-state index contributed by atoms with van der Waals surface area (Å²) in [5, 5.41) is 13.6. The fourth-order valence-corrected chi connectivity index (χ4v) is 3.63. The summed E-state index contributed by atoms with van der Waals surface area (Å²) in [6.45, 7) is 1.04. The van der Waals surface area contributed by atoms with E-state index in [4.69, 9.17) is 16.6 Å². The minimum atomic E-state index is -0.863. The van der Waals surface area contributed by atoms with Crippen molar-refractivity contribution < 1.29 is 9.90 Å². The van der Waals surface area contributed by atoms with Crippen molar-refractivity contribution in [2.45, 2.75) is 18.8 Å². The molecule has 0 atom stereocenters. The van der Waals surface area contributed by atoms with Gasteiger partial charge in [-0.2, -0.15) is 5.10 Å². The molecule has 3 heterocycles. The molecule has 4 rings (SSSR count). The standard InChI is InChI=1S/C18H20N6O2/c19-13-3-1-11(2-4-13)14-9-15(24-16(14)17(20)21-10-22-24)12-5-7-23(8-6-12)18(25)26/h1-4,9-10,12H,5-8,19H2,(H,25,26)(H2,20,21,22). The van der Waals surface area contributed by atoms with Gasteiger partial charge in [0.25, 0.3) is 0 Å². The summed E-state index contributed by atoms with van der Waals surface area (Å²) in [7, 11) is 0. The zero-order valence-electron chi connectivity index (χ0n) is 14.2. The van der Waals surface area contributed by atoms with Crippen molar-refractivity contribution in [3.63, 3.8) is 0 Å². The van der Waals surface area contributed by atoms with E-state index < -0.39 is 6.09 Å². The van der Waals surface area contributed by atoms with Gasteiger partial charge in [0.15, 0.2) is 5.82 Å². The average Bonchev–Trinajstić information content (AvgIpc) is 3.03. The molecule has 2 aromatic heterocycles. The lowest BCUT2D eigenvalue weighted by atomic mass is 9.93. The minimum absolute atomic E-state index is 0.218. The lowest BCUT2D eigenvalue weighted by molar-refractivity contribution is 0.131. The predicted octanol–water partition coefficient (Wildman–Crippen LogP) is 2.42. The second-order valence-electron chi connectivity index (χ2n) is 6.55. The Morgan fingerprint density at radius 2 is 1.85 bits per heavy atom. The van der Waals surface area contributed by atoms with Crippen LogP contribution in [0.2, 0.25) is 0 Å². The Hall–Kier alpha value is -3.29. The number of rotatable bonds is 2. The van der Waals surface area contributed by atoms with Crippen LogP contribution in [0, 0.1) is 0 Å². The summed E-state index contributed by atoms with van der Waals surface area (Å²) in [6, 6.07) is 9.70. The van der Waals surface area contributed by atoms with Crippen molar-refractivity contribution in [2.24, 2.45) is 0 Å². The number of hydrogen-bond donors (Lipinski definition) is 3. The molecule has 26 heavy (non-hydrogen) atoms. The second kappa shape index (κ2) is 6.21. The number of aromatic nitrogens is 3. The average molecular weight is 352 g/mol. The molecule has 1 fully saturated rings. The molecule has 0 saturated carbocycles. The molecule has 1 aliphatic heterocycles. The van der Waals surface area contributed by atoms with Crippen molar-refractivity contribution >= 4 is 23.1 Å². The van der Waals surface area contributed by atoms with E-state index in [-0.39, 0.29) is 5.92 Å². The number of carbonyl (C=O) groups is 1. The fraction of sp³-hybridized carbons (Fsp3) is 0.278. The summed E-state index contributed by atoms with van der Waals surface area (Å²) in [5.41, 5.74) is 16.4. The molecule has 1 saturated heterocycles. The summed E-state index contributed by atoms with van der Waals surface area (Å²) in [4.78, 5) is 16.7. The molecule has 0 aliphatic carbocycles. The van der Waals surface area contributed by atoms with Gasteiger partial charge in [-0.05, 0) is 36.6 Å². The molecule has 8 nitrogen and oxygen atoms in total. The molecule has 1 aromatic carbocycles. The van der Waals surface area contributed by atoms with Gasteiger partial charge in [0, 0.05) is 36.0 Å². The highest BCUT2D eigenvalue weighted by atomic mass is 16.4. The summed E-state index contributed by atoms with van der Waals surface area (Å²) in [6.07, 6.45) is 2.09.